The molecule has 12 heteroatoms. The molecule has 1 aromatic rings. The Morgan fingerprint density at radius 3 is 2.19 bits per heavy atom. The summed E-state index contributed by atoms with van der Waals surface area (Å²) in [4.78, 5) is 61.8. The normalized spacial score (nSPS) is 17.6. The lowest BCUT2D eigenvalue weighted by Gasteiger charge is -2.26. The van der Waals surface area contributed by atoms with Gasteiger partial charge in [-0.25, -0.2) is 4.79 Å². The maximum Gasteiger partial charge on any atom is 0.326 e. The molecule has 0 aromatic heterocycles. The number of phenols is 1. The van der Waals surface area contributed by atoms with E-state index in [-0.39, 0.29) is 25.0 Å². The van der Waals surface area contributed by atoms with Gasteiger partial charge in [0.1, 0.15) is 23.9 Å². The minimum atomic E-state index is -1.22. The van der Waals surface area contributed by atoms with Gasteiger partial charge in [-0.1, -0.05) is 26.0 Å². The van der Waals surface area contributed by atoms with Crippen molar-refractivity contribution in [1.82, 2.24) is 21.3 Å². The van der Waals surface area contributed by atoms with Crippen molar-refractivity contribution in [2.45, 2.75) is 70.1 Å². The van der Waals surface area contributed by atoms with Crippen molar-refractivity contribution in [1.29, 1.82) is 0 Å². The van der Waals surface area contributed by atoms with Crippen LogP contribution in [0.25, 0.3) is 0 Å². The highest BCUT2D eigenvalue weighted by atomic mass is 16.4. The van der Waals surface area contributed by atoms with Crippen LogP contribution >= 0.6 is 0 Å². The molecule has 0 bridgehead atoms. The summed E-state index contributed by atoms with van der Waals surface area (Å²) in [6.07, 6.45) is 1.17. The van der Waals surface area contributed by atoms with E-state index in [1.54, 1.807) is 26.0 Å². The number of carboxylic acids is 1. The van der Waals surface area contributed by atoms with E-state index in [4.69, 9.17) is 5.73 Å². The van der Waals surface area contributed by atoms with Crippen LogP contribution in [0, 0.1) is 5.92 Å². The number of rotatable bonds is 13. The second kappa shape index (κ2) is 13.4. The molecule has 1 aromatic carbocycles. The van der Waals surface area contributed by atoms with E-state index < -0.39 is 59.7 Å². The largest absolute Gasteiger partial charge is 0.508 e. The molecule has 1 fully saturated rings. The lowest BCUT2D eigenvalue weighted by Crippen LogP contribution is -2.58. The van der Waals surface area contributed by atoms with Crippen LogP contribution in [0.15, 0.2) is 24.3 Å². The van der Waals surface area contributed by atoms with Gasteiger partial charge >= 0.3 is 5.97 Å². The highest BCUT2D eigenvalue weighted by Crippen LogP contribution is 2.13. The fourth-order valence-electron chi connectivity index (χ4n) is 3.85. The third kappa shape index (κ3) is 8.84. The number of carboxylic acid groups (broad SMARTS) is 1. The zero-order valence-corrected chi connectivity index (χ0v) is 20.5. The molecule has 4 amide bonds. The first kappa shape index (κ1) is 28.6. The average molecular weight is 506 g/mol. The van der Waals surface area contributed by atoms with E-state index in [9.17, 15) is 34.2 Å². The number of primary amides is 1. The van der Waals surface area contributed by atoms with Crippen LogP contribution in [0.1, 0.15) is 45.1 Å². The number of carbonyl (C=O) groups is 5. The van der Waals surface area contributed by atoms with E-state index in [1.807, 2.05) is 0 Å². The highest BCUT2D eigenvalue weighted by molar-refractivity contribution is 5.94. The fraction of sp³-hybridized carbons (Fsp3) is 0.542. The van der Waals surface area contributed by atoms with Crippen LogP contribution in [0.4, 0.5) is 0 Å². The number of hydrogen-bond donors (Lipinski definition) is 7. The Morgan fingerprint density at radius 1 is 1.03 bits per heavy atom. The van der Waals surface area contributed by atoms with Crippen molar-refractivity contribution in [2.24, 2.45) is 11.7 Å². The minimum Gasteiger partial charge on any atom is -0.508 e. The molecule has 1 aliphatic rings. The van der Waals surface area contributed by atoms with Crippen molar-refractivity contribution in [3.8, 4) is 5.75 Å². The zero-order chi connectivity index (χ0) is 26.8. The molecule has 0 aliphatic carbocycles. The monoisotopic (exact) mass is 505 g/mol. The first-order chi connectivity index (χ1) is 17.0. The number of benzene rings is 1. The molecule has 1 aliphatic heterocycles. The lowest BCUT2D eigenvalue weighted by atomic mass is 10.0. The number of hydrogen-bond acceptors (Lipinski definition) is 7. The molecule has 12 nitrogen and oxygen atoms in total. The van der Waals surface area contributed by atoms with Crippen LogP contribution in [0.3, 0.4) is 0 Å². The summed E-state index contributed by atoms with van der Waals surface area (Å²) in [6, 6.07) is 2.00. The highest BCUT2D eigenvalue weighted by Gasteiger charge is 2.32. The summed E-state index contributed by atoms with van der Waals surface area (Å²) in [5.74, 6) is -4.11. The molecular weight excluding hydrogens is 470 g/mol. The van der Waals surface area contributed by atoms with Crippen LogP contribution in [-0.2, 0) is 30.4 Å². The topological polar surface area (TPSA) is 200 Å². The molecule has 0 radical (unpaired) electrons. The second-order valence-electron chi connectivity index (χ2n) is 9.22. The van der Waals surface area contributed by atoms with Gasteiger partial charge in [0.15, 0.2) is 0 Å². The van der Waals surface area contributed by atoms with Crippen molar-refractivity contribution in [3.05, 3.63) is 29.8 Å². The molecule has 2 rings (SSSR count). The summed E-state index contributed by atoms with van der Waals surface area (Å²) in [5, 5.41) is 29.7. The van der Waals surface area contributed by atoms with E-state index in [1.165, 1.54) is 12.1 Å². The molecule has 1 heterocycles. The summed E-state index contributed by atoms with van der Waals surface area (Å²) in [5.41, 5.74) is 5.83. The molecule has 8 N–H and O–H groups in total. The summed E-state index contributed by atoms with van der Waals surface area (Å²) in [7, 11) is 0. The maximum absolute atomic E-state index is 13.2. The Labute approximate surface area is 209 Å². The molecule has 0 spiro atoms. The Bertz CT molecular complexity index is 945. The van der Waals surface area contributed by atoms with Gasteiger partial charge in [0.2, 0.25) is 23.6 Å². The van der Waals surface area contributed by atoms with E-state index in [2.05, 4.69) is 21.3 Å². The second-order valence-corrected chi connectivity index (χ2v) is 9.22. The first-order valence-electron chi connectivity index (χ1n) is 11.9. The lowest BCUT2D eigenvalue weighted by molar-refractivity contribution is -0.143. The summed E-state index contributed by atoms with van der Waals surface area (Å²) >= 11 is 0. The van der Waals surface area contributed by atoms with Gasteiger partial charge < -0.3 is 37.2 Å². The van der Waals surface area contributed by atoms with E-state index in [0.717, 1.165) is 6.42 Å². The fourth-order valence-corrected chi connectivity index (χ4v) is 3.85. The number of carbonyl (C=O) groups excluding carboxylic acids is 4. The summed E-state index contributed by atoms with van der Waals surface area (Å²) in [6.45, 7) is 3.95. The number of nitrogens with two attached hydrogens (primary N) is 1. The van der Waals surface area contributed by atoms with Crippen LogP contribution in [0.5, 0.6) is 5.75 Å². The van der Waals surface area contributed by atoms with Crippen LogP contribution < -0.4 is 27.0 Å². The zero-order valence-electron chi connectivity index (χ0n) is 20.5. The van der Waals surface area contributed by atoms with Crippen LogP contribution in [0.2, 0.25) is 0 Å². The maximum atomic E-state index is 13.2. The van der Waals surface area contributed by atoms with Crippen molar-refractivity contribution in [3.63, 3.8) is 0 Å². The number of aliphatic carboxylic acids is 1. The van der Waals surface area contributed by atoms with Gasteiger partial charge in [0.05, 0.1) is 6.04 Å². The molecule has 198 valence electrons. The Balaban J connectivity index is 2.23. The molecule has 4 unspecified atom stereocenters. The number of aromatic hydroxyl groups is 1. The minimum absolute atomic E-state index is 0.0110. The SMILES string of the molecule is CC(C)C(NC(=O)C(Cc1ccc(O)cc1)NC(=O)C(CCC(N)=O)NC(=O)C1CCCN1)C(=O)O. The van der Waals surface area contributed by atoms with Crippen LogP contribution in [-0.4, -0.2) is 70.5 Å². The smallest absolute Gasteiger partial charge is 0.326 e. The van der Waals surface area contributed by atoms with Gasteiger partial charge in [-0.3, -0.25) is 19.2 Å². The predicted octanol–water partition coefficient (Wildman–Crippen LogP) is -0.853. The molecule has 36 heavy (non-hydrogen) atoms. The number of amides is 4. The van der Waals surface area contributed by atoms with E-state index in [0.29, 0.717) is 18.5 Å². The van der Waals surface area contributed by atoms with Gasteiger partial charge in [-0.15, -0.1) is 0 Å². The standard InChI is InChI=1S/C24H35N5O7/c1-13(2)20(24(35)36)29-23(34)18(12-14-5-7-15(30)8-6-14)28-22(33)17(9-10-19(25)31)27-21(32)16-4-3-11-26-16/h5-8,13,16-18,20,26,30H,3-4,9-12H2,1-2H3,(H2,25,31)(H,27,32)(H,28,33)(H,29,34)(H,35,36). The Kier molecular flexibility index (Phi) is 10.7. The van der Waals surface area contributed by atoms with E-state index >= 15 is 0 Å². The number of nitrogens with one attached hydrogen (secondary N) is 4. The molecule has 1 saturated heterocycles. The number of phenolic OH excluding ortho intramolecular Hbond substituents is 1. The van der Waals surface area contributed by atoms with Crippen molar-refractivity contribution >= 4 is 29.6 Å². The average Bonchev–Trinajstić information content (AvgIpc) is 3.35. The van der Waals surface area contributed by atoms with Gasteiger partial charge in [-0.2, -0.15) is 0 Å². The predicted molar refractivity (Wildman–Crippen MR) is 130 cm³/mol. The quantitative estimate of drug-likeness (QED) is 0.180. The Morgan fingerprint density at radius 2 is 1.67 bits per heavy atom. The molecule has 0 saturated carbocycles. The first-order valence-corrected chi connectivity index (χ1v) is 11.9. The van der Waals surface area contributed by atoms with Gasteiger partial charge in [0, 0.05) is 12.8 Å². The third-order valence-corrected chi connectivity index (χ3v) is 5.93. The Hall–Kier alpha value is -3.67. The van der Waals surface area contributed by atoms with Crippen molar-refractivity contribution in [2.75, 3.05) is 6.54 Å². The van der Waals surface area contributed by atoms with Gasteiger partial charge in [0.25, 0.3) is 0 Å². The van der Waals surface area contributed by atoms with Crippen molar-refractivity contribution < 1.29 is 34.2 Å². The van der Waals surface area contributed by atoms with Gasteiger partial charge in [-0.05, 0) is 49.4 Å². The molecular formula is C24H35N5O7. The third-order valence-electron chi connectivity index (χ3n) is 5.93. The molecule has 4 atom stereocenters. The summed E-state index contributed by atoms with van der Waals surface area (Å²) < 4.78 is 0.